The van der Waals surface area contributed by atoms with Crippen LogP contribution in [0.1, 0.15) is 38.6 Å². The SMILES string of the molecule is CC1CC(C(=O)O)C(C(=O)NC(C)c2nn[nH]n2)C1. The maximum Gasteiger partial charge on any atom is 0.307 e. The Hall–Kier alpha value is -1.99. The van der Waals surface area contributed by atoms with Crippen LogP contribution in [0.4, 0.5) is 0 Å². The highest BCUT2D eigenvalue weighted by Crippen LogP contribution is 2.36. The molecule has 4 unspecified atom stereocenters. The minimum Gasteiger partial charge on any atom is -0.481 e. The van der Waals surface area contributed by atoms with E-state index in [0.717, 1.165) is 0 Å². The maximum absolute atomic E-state index is 12.2. The van der Waals surface area contributed by atoms with Gasteiger partial charge in [-0.15, -0.1) is 10.2 Å². The number of aromatic nitrogens is 4. The number of carbonyl (C=O) groups excluding carboxylic acids is 1. The highest BCUT2D eigenvalue weighted by molar-refractivity contribution is 5.85. The Morgan fingerprint density at radius 2 is 2.11 bits per heavy atom. The zero-order valence-corrected chi connectivity index (χ0v) is 10.8. The molecule has 3 N–H and O–H groups in total. The fourth-order valence-corrected chi connectivity index (χ4v) is 2.59. The van der Waals surface area contributed by atoms with Gasteiger partial charge in [0.1, 0.15) is 0 Å². The molecule has 4 atom stereocenters. The smallest absolute Gasteiger partial charge is 0.307 e. The van der Waals surface area contributed by atoms with Crippen molar-refractivity contribution in [1.29, 1.82) is 0 Å². The van der Waals surface area contributed by atoms with Crippen molar-refractivity contribution in [3.05, 3.63) is 5.82 Å². The van der Waals surface area contributed by atoms with Gasteiger partial charge >= 0.3 is 5.97 Å². The second-order valence-corrected chi connectivity index (χ2v) is 5.13. The zero-order valence-electron chi connectivity index (χ0n) is 10.8. The third kappa shape index (κ3) is 2.88. The third-order valence-corrected chi connectivity index (χ3v) is 3.56. The van der Waals surface area contributed by atoms with Crippen LogP contribution in [0, 0.1) is 17.8 Å². The van der Waals surface area contributed by atoms with Gasteiger partial charge < -0.3 is 10.4 Å². The second kappa shape index (κ2) is 5.33. The summed E-state index contributed by atoms with van der Waals surface area (Å²) in [7, 11) is 0. The second-order valence-electron chi connectivity index (χ2n) is 5.13. The number of tetrazole rings is 1. The van der Waals surface area contributed by atoms with E-state index in [2.05, 4.69) is 25.9 Å². The fourth-order valence-electron chi connectivity index (χ4n) is 2.59. The van der Waals surface area contributed by atoms with Gasteiger partial charge in [0, 0.05) is 0 Å². The molecule has 1 heterocycles. The van der Waals surface area contributed by atoms with Crippen LogP contribution in [0.3, 0.4) is 0 Å². The van der Waals surface area contributed by atoms with Gasteiger partial charge in [0.2, 0.25) is 5.91 Å². The van der Waals surface area contributed by atoms with Crippen molar-refractivity contribution in [2.75, 3.05) is 0 Å². The van der Waals surface area contributed by atoms with Gasteiger partial charge in [0.05, 0.1) is 17.9 Å². The summed E-state index contributed by atoms with van der Waals surface area (Å²) < 4.78 is 0. The normalized spacial score (nSPS) is 28.0. The summed E-state index contributed by atoms with van der Waals surface area (Å²) >= 11 is 0. The molecule has 104 valence electrons. The molecule has 0 spiro atoms. The quantitative estimate of drug-likeness (QED) is 0.712. The van der Waals surface area contributed by atoms with Crippen LogP contribution in [0.25, 0.3) is 0 Å². The number of aromatic amines is 1. The molecule has 8 nitrogen and oxygen atoms in total. The lowest BCUT2D eigenvalue weighted by Crippen LogP contribution is -2.37. The first-order chi connectivity index (χ1) is 8.99. The van der Waals surface area contributed by atoms with Crippen LogP contribution in [0.5, 0.6) is 0 Å². The largest absolute Gasteiger partial charge is 0.481 e. The summed E-state index contributed by atoms with van der Waals surface area (Å²) in [6.45, 7) is 3.70. The van der Waals surface area contributed by atoms with Gasteiger partial charge in [-0.25, -0.2) is 0 Å². The number of nitrogens with zero attached hydrogens (tertiary/aromatic N) is 3. The predicted molar refractivity (Wildman–Crippen MR) is 63.7 cm³/mol. The Kier molecular flexibility index (Phi) is 3.77. The molecule has 1 aromatic rings. The van der Waals surface area contributed by atoms with Crippen LogP contribution in [0.15, 0.2) is 0 Å². The van der Waals surface area contributed by atoms with E-state index in [4.69, 9.17) is 5.11 Å². The number of rotatable bonds is 4. The van der Waals surface area contributed by atoms with E-state index in [1.807, 2.05) is 6.92 Å². The monoisotopic (exact) mass is 267 g/mol. The summed E-state index contributed by atoms with van der Waals surface area (Å²) in [5.41, 5.74) is 0. The van der Waals surface area contributed by atoms with Crippen molar-refractivity contribution in [1.82, 2.24) is 25.9 Å². The average Bonchev–Trinajstić information content (AvgIpc) is 2.96. The molecule has 1 amide bonds. The Bertz CT molecular complexity index is 461. The summed E-state index contributed by atoms with van der Waals surface area (Å²) in [5.74, 6) is -1.62. The first-order valence-electron chi connectivity index (χ1n) is 6.25. The molecule has 19 heavy (non-hydrogen) atoms. The van der Waals surface area contributed by atoms with E-state index in [0.29, 0.717) is 18.7 Å². The van der Waals surface area contributed by atoms with E-state index in [1.54, 1.807) is 6.92 Å². The molecule has 2 rings (SSSR count). The van der Waals surface area contributed by atoms with Gasteiger partial charge in [0.25, 0.3) is 0 Å². The van der Waals surface area contributed by atoms with Gasteiger partial charge in [-0.05, 0) is 25.7 Å². The first-order valence-corrected chi connectivity index (χ1v) is 6.25. The van der Waals surface area contributed by atoms with Gasteiger partial charge in [-0.3, -0.25) is 9.59 Å². The number of hydrogen-bond acceptors (Lipinski definition) is 5. The van der Waals surface area contributed by atoms with Crippen LogP contribution in [0.2, 0.25) is 0 Å². The maximum atomic E-state index is 12.2. The third-order valence-electron chi connectivity index (χ3n) is 3.56. The lowest BCUT2D eigenvalue weighted by molar-refractivity contribution is -0.146. The Balaban J connectivity index is 2.01. The number of nitrogens with one attached hydrogen (secondary N) is 2. The molecular formula is C11H17N5O3. The number of amides is 1. The van der Waals surface area contributed by atoms with E-state index in [-0.39, 0.29) is 11.8 Å². The van der Waals surface area contributed by atoms with Crippen molar-refractivity contribution >= 4 is 11.9 Å². The lowest BCUT2D eigenvalue weighted by Gasteiger charge is -2.17. The molecule has 0 saturated heterocycles. The number of hydrogen-bond donors (Lipinski definition) is 3. The zero-order chi connectivity index (χ0) is 14.0. The summed E-state index contributed by atoms with van der Waals surface area (Å²) in [4.78, 5) is 23.3. The predicted octanol–water partition coefficient (Wildman–Crippen LogP) is 0.124. The summed E-state index contributed by atoms with van der Waals surface area (Å²) in [5, 5.41) is 25.2. The van der Waals surface area contributed by atoms with Crippen molar-refractivity contribution in [3.8, 4) is 0 Å². The number of H-pyrrole nitrogens is 1. The molecule has 0 aromatic carbocycles. The topological polar surface area (TPSA) is 121 Å². The van der Waals surface area contributed by atoms with Gasteiger partial charge in [-0.2, -0.15) is 5.21 Å². The fraction of sp³-hybridized carbons (Fsp3) is 0.727. The standard InChI is InChI=1S/C11H17N5O3/c1-5-3-7(8(4-5)11(18)19)10(17)12-6(2)9-13-15-16-14-9/h5-8H,3-4H2,1-2H3,(H,12,17)(H,18,19)(H,13,14,15,16). The van der Waals surface area contributed by atoms with E-state index in [9.17, 15) is 9.59 Å². The molecule has 0 radical (unpaired) electrons. The minimum atomic E-state index is -0.906. The van der Waals surface area contributed by atoms with E-state index in [1.165, 1.54) is 0 Å². The Morgan fingerprint density at radius 1 is 1.42 bits per heavy atom. The molecule has 1 aliphatic carbocycles. The lowest BCUT2D eigenvalue weighted by atomic mass is 9.95. The van der Waals surface area contributed by atoms with Crippen molar-refractivity contribution in [2.45, 2.75) is 32.7 Å². The molecule has 0 aliphatic heterocycles. The summed E-state index contributed by atoms with van der Waals surface area (Å²) in [6.07, 6.45) is 1.14. The Labute approximate surface area is 110 Å². The molecular weight excluding hydrogens is 250 g/mol. The summed E-state index contributed by atoms with van der Waals surface area (Å²) in [6, 6.07) is -0.392. The molecule has 1 saturated carbocycles. The van der Waals surface area contributed by atoms with Crippen molar-refractivity contribution in [2.24, 2.45) is 17.8 Å². The van der Waals surface area contributed by atoms with Crippen LogP contribution in [-0.2, 0) is 9.59 Å². The number of carbonyl (C=O) groups is 2. The first kappa shape index (κ1) is 13.4. The molecule has 1 fully saturated rings. The highest BCUT2D eigenvalue weighted by atomic mass is 16.4. The molecule has 1 aliphatic rings. The molecule has 0 bridgehead atoms. The van der Waals surface area contributed by atoms with Gasteiger partial charge in [-0.1, -0.05) is 12.1 Å². The van der Waals surface area contributed by atoms with E-state index < -0.39 is 23.8 Å². The number of aliphatic carboxylic acids is 1. The molecule has 1 aromatic heterocycles. The van der Waals surface area contributed by atoms with Crippen LogP contribution >= 0.6 is 0 Å². The highest BCUT2D eigenvalue weighted by Gasteiger charge is 2.41. The molecule has 8 heteroatoms. The number of carboxylic acid groups (broad SMARTS) is 1. The van der Waals surface area contributed by atoms with E-state index >= 15 is 0 Å². The average molecular weight is 267 g/mol. The number of carboxylic acids is 1. The van der Waals surface area contributed by atoms with Gasteiger partial charge in [0.15, 0.2) is 5.82 Å². The van der Waals surface area contributed by atoms with Crippen molar-refractivity contribution < 1.29 is 14.7 Å². The minimum absolute atomic E-state index is 0.248. The Morgan fingerprint density at radius 3 is 2.68 bits per heavy atom. The van der Waals surface area contributed by atoms with Crippen LogP contribution in [-0.4, -0.2) is 37.6 Å². The van der Waals surface area contributed by atoms with Crippen molar-refractivity contribution in [3.63, 3.8) is 0 Å². The van der Waals surface area contributed by atoms with Crippen LogP contribution < -0.4 is 5.32 Å².